The lowest BCUT2D eigenvalue weighted by Gasteiger charge is -2.06. The molecular weight excluding hydrogens is 312 g/mol. The van der Waals surface area contributed by atoms with E-state index in [1.807, 2.05) is 0 Å². The SMILES string of the molecule is O=C(NCc1c(F)cc(Cl)cc1F)c1cn2ccccc2n1. The number of carbonyl (C=O) groups excluding carboxylic acids is 1. The van der Waals surface area contributed by atoms with Gasteiger partial charge < -0.3 is 9.72 Å². The number of halogens is 3. The minimum absolute atomic E-state index is 0.0366. The lowest BCUT2D eigenvalue weighted by Crippen LogP contribution is -2.24. The van der Waals surface area contributed by atoms with Crippen LogP contribution in [0.2, 0.25) is 5.02 Å². The van der Waals surface area contributed by atoms with Crippen molar-refractivity contribution in [3.8, 4) is 0 Å². The first-order chi connectivity index (χ1) is 10.5. The number of benzene rings is 1. The molecule has 0 saturated heterocycles. The molecule has 0 bridgehead atoms. The van der Waals surface area contributed by atoms with Gasteiger partial charge in [0, 0.05) is 29.5 Å². The van der Waals surface area contributed by atoms with E-state index in [-0.39, 0.29) is 22.8 Å². The summed E-state index contributed by atoms with van der Waals surface area (Å²) in [6.07, 6.45) is 3.29. The first-order valence-electron chi connectivity index (χ1n) is 6.40. The number of nitrogens with one attached hydrogen (secondary N) is 1. The second kappa shape index (κ2) is 5.73. The second-order valence-electron chi connectivity index (χ2n) is 4.62. The molecule has 0 radical (unpaired) electrons. The predicted molar refractivity (Wildman–Crippen MR) is 77.7 cm³/mol. The fraction of sp³-hybridized carbons (Fsp3) is 0.0667. The van der Waals surface area contributed by atoms with E-state index in [0.717, 1.165) is 12.1 Å². The molecule has 3 rings (SSSR count). The molecule has 0 spiro atoms. The van der Waals surface area contributed by atoms with E-state index in [9.17, 15) is 13.6 Å². The van der Waals surface area contributed by atoms with Gasteiger partial charge in [-0.1, -0.05) is 17.7 Å². The fourth-order valence-corrected chi connectivity index (χ4v) is 2.24. The number of amides is 1. The minimum Gasteiger partial charge on any atom is -0.346 e. The molecule has 112 valence electrons. The van der Waals surface area contributed by atoms with Crippen LogP contribution in [0.1, 0.15) is 16.1 Å². The van der Waals surface area contributed by atoms with Crippen LogP contribution in [0.15, 0.2) is 42.7 Å². The molecule has 2 aromatic heterocycles. The average molecular weight is 322 g/mol. The Morgan fingerprint density at radius 2 is 2.00 bits per heavy atom. The van der Waals surface area contributed by atoms with Gasteiger partial charge in [-0.15, -0.1) is 0 Å². The van der Waals surface area contributed by atoms with Crippen molar-refractivity contribution in [3.63, 3.8) is 0 Å². The zero-order valence-corrected chi connectivity index (χ0v) is 11.9. The van der Waals surface area contributed by atoms with E-state index in [1.165, 1.54) is 0 Å². The highest BCUT2D eigenvalue weighted by molar-refractivity contribution is 6.30. The van der Waals surface area contributed by atoms with Crippen molar-refractivity contribution in [1.82, 2.24) is 14.7 Å². The van der Waals surface area contributed by atoms with Gasteiger partial charge in [-0.2, -0.15) is 0 Å². The van der Waals surface area contributed by atoms with Gasteiger partial charge in [0.1, 0.15) is 23.0 Å². The van der Waals surface area contributed by atoms with Crippen LogP contribution in [0.4, 0.5) is 8.78 Å². The van der Waals surface area contributed by atoms with Gasteiger partial charge >= 0.3 is 0 Å². The Kier molecular flexibility index (Phi) is 3.77. The van der Waals surface area contributed by atoms with Crippen molar-refractivity contribution in [1.29, 1.82) is 0 Å². The third-order valence-electron chi connectivity index (χ3n) is 3.13. The minimum atomic E-state index is -0.805. The quantitative estimate of drug-likeness (QED) is 0.805. The number of nitrogens with zero attached hydrogens (tertiary/aromatic N) is 2. The van der Waals surface area contributed by atoms with Crippen LogP contribution >= 0.6 is 11.6 Å². The third kappa shape index (κ3) is 2.78. The van der Waals surface area contributed by atoms with E-state index in [2.05, 4.69) is 10.3 Å². The third-order valence-corrected chi connectivity index (χ3v) is 3.35. The highest BCUT2D eigenvalue weighted by Crippen LogP contribution is 2.18. The maximum absolute atomic E-state index is 13.6. The number of hydrogen-bond acceptors (Lipinski definition) is 2. The Labute approximate surface area is 129 Å². The van der Waals surface area contributed by atoms with Crippen molar-refractivity contribution in [2.45, 2.75) is 6.54 Å². The highest BCUT2D eigenvalue weighted by Gasteiger charge is 2.14. The van der Waals surface area contributed by atoms with Crippen molar-refractivity contribution in [3.05, 3.63) is 70.6 Å². The molecule has 0 unspecified atom stereocenters. The highest BCUT2D eigenvalue weighted by atomic mass is 35.5. The van der Waals surface area contributed by atoms with Crippen LogP contribution in [-0.2, 0) is 6.54 Å². The molecule has 1 N–H and O–H groups in total. The maximum Gasteiger partial charge on any atom is 0.271 e. The smallest absolute Gasteiger partial charge is 0.271 e. The average Bonchev–Trinajstić information content (AvgIpc) is 2.89. The number of aromatic nitrogens is 2. The zero-order chi connectivity index (χ0) is 15.7. The molecule has 0 aliphatic carbocycles. The molecule has 2 heterocycles. The summed E-state index contributed by atoms with van der Waals surface area (Å²) in [5.74, 6) is -2.13. The molecule has 0 fully saturated rings. The van der Waals surface area contributed by atoms with Crippen LogP contribution in [0.3, 0.4) is 0 Å². The summed E-state index contributed by atoms with van der Waals surface area (Å²) in [5, 5.41) is 2.40. The van der Waals surface area contributed by atoms with Crippen molar-refractivity contribution >= 4 is 23.2 Å². The van der Waals surface area contributed by atoms with Gasteiger partial charge in [0.15, 0.2) is 0 Å². The number of hydrogen-bond donors (Lipinski definition) is 1. The van der Waals surface area contributed by atoms with Gasteiger partial charge in [0.05, 0.1) is 0 Å². The van der Waals surface area contributed by atoms with E-state index >= 15 is 0 Å². The lowest BCUT2D eigenvalue weighted by atomic mass is 10.2. The first-order valence-corrected chi connectivity index (χ1v) is 6.78. The predicted octanol–water partition coefficient (Wildman–Crippen LogP) is 3.20. The van der Waals surface area contributed by atoms with E-state index in [0.29, 0.717) is 5.65 Å². The molecule has 0 atom stereocenters. The van der Waals surface area contributed by atoms with Crippen LogP contribution < -0.4 is 5.32 Å². The number of imidazole rings is 1. The lowest BCUT2D eigenvalue weighted by molar-refractivity contribution is 0.0946. The van der Waals surface area contributed by atoms with Crippen molar-refractivity contribution in [2.24, 2.45) is 0 Å². The summed E-state index contributed by atoms with van der Waals surface area (Å²) < 4.78 is 29.0. The van der Waals surface area contributed by atoms with Crippen LogP contribution in [0, 0.1) is 11.6 Å². The Morgan fingerprint density at radius 1 is 1.27 bits per heavy atom. The molecule has 0 saturated carbocycles. The number of carbonyl (C=O) groups is 1. The topological polar surface area (TPSA) is 46.4 Å². The summed E-state index contributed by atoms with van der Waals surface area (Å²) in [5.41, 5.74) is 0.527. The monoisotopic (exact) mass is 321 g/mol. The van der Waals surface area contributed by atoms with Crippen LogP contribution in [0.25, 0.3) is 5.65 Å². The summed E-state index contributed by atoms with van der Waals surface area (Å²) in [4.78, 5) is 16.1. The Morgan fingerprint density at radius 3 is 2.68 bits per heavy atom. The van der Waals surface area contributed by atoms with Crippen molar-refractivity contribution < 1.29 is 13.6 Å². The standard InChI is InChI=1S/C15H10ClF2N3O/c16-9-5-11(17)10(12(18)6-9)7-19-15(22)13-8-21-4-2-1-3-14(21)20-13/h1-6,8H,7H2,(H,19,22). The molecular formula is C15H10ClF2N3O. The van der Waals surface area contributed by atoms with E-state index in [4.69, 9.17) is 11.6 Å². The molecule has 0 aliphatic heterocycles. The maximum atomic E-state index is 13.6. The largest absolute Gasteiger partial charge is 0.346 e. The zero-order valence-electron chi connectivity index (χ0n) is 11.2. The van der Waals surface area contributed by atoms with Gasteiger partial charge in [0.25, 0.3) is 5.91 Å². The van der Waals surface area contributed by atoms with Gasteiger partial charge in [-0.05, 0) is 24.3 Å². The number of pyridine rings is 1. The Balaban J connectivity index is 1.78. The molecule has 1 aromatic carbocycles. The fourth-order valence-electron chi connectivity index (χ4n) is 2.04. The van der Waals surface area contributed by atoms with Gasteiger partial charge in [-0.25, -0.2) is 13.8 Å². The Hall–Kier alpha value is -2.47. The normalized spacial score (nSPS) is 10.9. The molecule has 0 aliphatic rings. The molecule has 7 heteroatoms. The van der Waals surface area contributed by atoms with E-state index in [1.54, 1.807) is 35.0 Å². The molecule has 1 amide bonds. The summed E-state index contributed by atoms with van der Waals surface area (Å²) in [7, 11) is 0. The summed E-state index contributed by atoms with van der Waals surface area (Å²) in [6.45, 7) is -0.290. The number of rotatable bonds is 3. The first kappa shape index (κ1) is 14.5. The molecule has 4 nitrogen and oxygen atoms in total. The van der Waals surface area contributed by atoms with E-state index < -0.39 is 17.5 Å². The number of fused-ring (bicyclic) bond motifs is 1. The molecule has 22 heavy (non-hydrogen) atoms. The second-order valence-corrected chi connectivity index (χ2v) is 5.06. The summed E-state index contributed by atoms with van der Waals surface area (Å²) in [6, 6.07) is 7.33. The van der Waals surface area contributed by atoms with Gasteiger partial charge in [-0.3, -0.25) is 4.79 Å². The molecule has 3 aromatic rings. The Bertz CT molecular complexity index is 807. The van der Waals surface area contributed by atoms with Crippen molar-refractivity contribution in [2.75, 3.05) is 0 Å². The van der Waals surface area contributed by atoms with Gasteiger partial charge in [0.2, 0.25) is 0 Å². The van der Waals surface area contributed by atoms with Crippen LogP contribution in [0.5, 0.6) is 0 Å². The summed E-state index contributed by atoms with van der Waals surface area (Å²) >= 11 is 5.55. The van der Waals surface area contributed by atoms with Crippen LogP contribution in [-0.4, -0.2) is 15.3 Å².